The molecule has 0 spiro atoms. The van der Waals surface area contributed by atoms with Gasteiger partial charge in [-0.05, 0) is 12.3 Å². The number of amides is 1. The van der Waals surface area contributed by atoms with E-state index < -0.39 is 0 Å². The second kappa shape index (κ2) is 4.69. The SMILES string of the molecule is C=CCc1nnn2c1CNC(=O)[C@@H]2CC(C)C. The molecule has 5 heteroatoms. The predicted molar refractivity (Wildman–Crippen MR) is 64.3 cm³/mol. The summed E-state index contributed by atoms with van der Waals surface area (Å²) in [5.41, 5.74) is 1.92. The topological polar surface area (TPSA) is 59.8 Å². The molecule has 1 aliphatic heterocycles. The summed E-state index contributed by atoms with van der Waals surface area (Å²) in [4.78, 5) is 11.8. The summed E-state index contributed by atoms with van der Waals surface area (Å²) in [6.45, 7) is 8.42. The molecule has 0 aliphatic carbocycles. The van der Waals surface area contributed by atoms with Crippen molar-refractivity contribution < 1.29 is 4.79 Å². The van der Waals surface area contributed by atoms with E-state index in [4.69, 9.17) is 0 Å². The lowest BCUT2D eigenvalue weighted by molar-refractivity contribution is -0.126. The lowest BCUT2D eigenvalue weighted by Gasteiger charge is -2.25. The van der Waals surface area contributed by atoms with Crippen LogP contribution in [0.2, 0.25) is 0 Å². The third-order valence-corrected chi connectivity index (χ3v) is 2.93. The molecule has 1 atom stereocenters. The molecule has 1 aromatic rings. The number of nitrogens with zero attached hydrogens (tertiary/aromatic N) is 3. The number of hydrogen-bond donors (Lipinski definition) is 1. The van der Waals surface area contributed by atoms with Crippen LogP contribution in [0.1, 0.15) is 37.7 Å². The molecule has 2 heterocycles. The molecular formula is C12H18N4O. The van der Waals surface area contributed by atoms with Crippen molar-refractivity contribution in [3.63, 3.8) is 0 Å². The predicted octanol–water partition coefficient (Wildman–Crippen LogP) is 1.22. The molecular weight excluding hydrogens is 216 g/mol. The van der Waals surface area contributed by atoms with Gasteiger partial charge in [0, 0.05) is 6.42 Å². The molecule has 17 heavy (non-hydrogen) atoms. The fourth-order valence-corrected chi connectivity index (χ4v) is 2.13. The highest BCUT2D eigenvalue weighted by atomic mass is 16.2. The van der Waals surface area contributed by atoms with Gasteiger partial charge in [-0.25, -0.2) is 4.68 Å². The molecule has 1 aliphatic rings. The number of rotatable bonds is 4. The number of carbonyl (C=O) groups is 1. The Hall–Kier alpha value is -1.65. The van der Waals surface area contributed by atoms with E-state index in [1.807, 2.05) is 0 Å². The second-order valence-corrected chi connectivity index (χ2v) is 4.78. The fraction of sp³-hybridized carbons (Fsp3) is 0.583. The van der Waals surface area contributed by atoms with Crippen molar-refractivity contribution in [3.05, 3.63) is 24.0 Å². The first-order valence-corrected chi connectivity index (χ1v) is 5.95. The minimum atomic E-state index is -0.218. The maximum atomic E-state index is 11.8. The molecule has 0 saturated carbocycles. The van der Waals surface area contributed by atoms with Crippen molar-refractivity contribution in [2.45, 2.75) is 39.3 Å². The van der Waals surface area contributed by atoms with Gasteiger partial charge in [0.15, 0.2) is 0 Å². The van der Waals surface area contributed by atoms with Crippen molar-refractivity contribution in [1.29, 1.82) is 0 Å². The average molecular weight is 234 g/mol. The van der Waals surface area contributed by atoms with E-state index in [-0.39, 0.29) is 11.9 Å². The first-order chi connectivity index (χ1) is 8.13. The van der Waals surface area contributed by atoms with Gasteiger partial charge in [-0.3, -0.25) is 4.79 Å². The zero-order chi connectivity index (χ0) is 12.4. The first-order valence-electron chi connectivity index (χ1n) is 5.95. The van der Waals surface area contributed by atoms with Crippen LogP contribution < -0.4 is 5.32 Å². The van der Waals surface area contributed by atoms with Crippen molar-refractivity contribution in [1.82, 2.24) is 20.3 Å². The zero-order valence-electron chi connectivity index (χ0n) is 10.3. The van der Waals surface area contributed by atoms with E-state index in [9.17, 15) is 4.79 Å². The van der Waals surface area contributed by atoms with Crippen LogP contribution in [0.5, 0.6) is 0 Å². The van der Waals surface area contributed by atoms with E-state index in [1.165, 1.54) is 0 Å². The van der Waals surface area contributed by atoms with Crippen LogP contribution in [0, 0.1) is 5.92 Å². The molecule has 1 N–H and O–H groups in total. The van der Waals surface area contributed by atoms with Gasteiger partial charge in [0.25, 0.3) is 0 Å². The van der Waals surface area contributed by atoms with E-state index in [0.29, 0.717) is 18.9 Å². The monoisotopic (exact) mass is 234 g/mol. The Morgan fingerprint density at radius 1 is 1.65 bits per heavy atom. The minimum Gasteiger partial charge on any atom is -0.349 e. The molecule has 0 saturated heterocycles. The van der Waals surface area contributed by atoms with Gasteiger partial charge in [0.1, 0.15) is 6.04 Å². The molecule has 0 unspecified atom stereocenters. The summed E-state index contributed by atoms with van der Waals surface area (Å²) in [5.74, 6) is 0.491. The summed E-state index contributed by atoms with van der Waals surface area (Å²) >= 11 is 0. The molecule has 1 aromatic heterocycles. The molecule has 2 rings (SSSR count). The van der Waals surface area contributed by atoms with Crippen LogP contribution in [0.4, 0.5) is 0 Å². The largest absolute Gasteiger partial charge is 0.349 e. The maximum absolute atomic E-state index is 11.8. The fourth-order valence-electron chi connectivity index (χ4n) is 2.13. The smallest absolute Gasteiger partial charge is 0.245 e. The third kappa shape index (κ3) is 2.23. The normalized spacial score (nSPS) is 19.0. The van der Waals surface area contributed by atoms with E-state index in [1.54, 1.807) is 10.8 Å². The minimum absolute atomic E-state index is 0.0428. The number of fused-ring (bicyclic) bond motifs is 1. The number of hydrogen-bond acceptors (Lipinski definition) is 3. The molecule has 5 nitrogen and oxygen atoms in total. The molecule has 1 amide bonds. The van der Waals surface area contributed by atoms with Crippen LogP contribution in [0.3, 0.4) is 0 Å². The third-order valence-electron chi connectivity index (χ3n) is 2.93. The number of carbonyl (C=O) groups excluding carboxylic acids is 1. The Balaban J connectivity index is 2.32. The molecule has 0 bridgehead atoms. The van der Waals surface area contributed by atoms with E-state index in [2.05, 4.69) is 36.1 Å². The van der Waals surface area contributed by atoms with E-state index in [0.717, 1.165) is 17.8 Å². The molecule has 0 aromatic carbocycles. The van der Waals surface area contributed by atoms with Gasteiger partial charge in [-0.15, -0.1) is 11.7 Å². The lowest BCUT2D eigenvalue weighted by Crippen LogP contribution is -2.40. The quantitative estimate of drug-likeness (QED) is 0.797. The summed E-state index contributed by atoms with van der Waals surface area (Å²) in [6, 6.07) is -0.218. The molecule has 0 radical (unpaired) electrons. The molecule has 0 fully saturated rings. The Labute approximate surface area is 101 Å². The number of nitrogens with one attached hydrogen (secondary N) is 1. The standard InChI is InChI=1S/C12H18N4O/c1-4-5-9-11-7-13-12(17)10(6-8(2)3)16(11)15-14-9/h4,8,10H,1,5-7H2,2-3H3,(H,13,17)/t10-/m0/s1. The van der Waals surface area contributed by atoms with Crippen LogP contribution in [-0.2, 0) is 17.8 Å². The van der Waals surface area contributed by atoms with E-state index >= 15 is 0 Å². The Kier molecular flexibility index (Phi) is 3.26. The highest BCUT2D eigenvalue weighted by molar-refractivity contribution is 5.81. The van der Waals surface area contributed by atoms with Crippen molar-refractivity contribution >= 4 is 5.91 Å². The van der Waals surface area contributed by atoms with Crippen LogP contribution in [-0.4, -0.2) is 20.9 Å². The van der Waals surface area contributed by atoms with Crippen LogP contribution >= 0.6 is 0 Å². The number of allylic oxidation sites excluding steroid dienone is 1. The Morgan fingerprint density at radius 2 is 2.41 bits per heavy atom. The van der Waals surface area contributed by atoms with Gasteiger partial charge >= 0.3 is 0 Å². The summed E-state index contributed by atoms with van der Waals surface area (Å²) < 4.78 is 1.78. The van der Waals surface area contributed by atoms with Crippen molar-refractivity contribution in [3.8, 4) is 0 Å². The van der Waals surface area contributed by atoms with Gasteiger partial charge in [-0.2, -0.15) is 0 Å². The van der Waals surface area contributed by atoms with Gasteiger partial charge in [0.2, 0.25) is 5.91 Å². The highest BCUT2D eigenvalue weighted by Crippen LogP contribution is 2.23. The van der Waals surface area contributed by atoms with Crippen LogP contribution in [0.15, 0.2) is 12.7 Å². The number of aromatic nitrogens is 3. The zero-order valence-corrected chi connectivity index (χ0v) is 10.3. The lowest BCUT2D eigenvalue weighted by atomic mass is 10.0. The van der Waals surface area contributed by atoms with Gasteiger partial charge in [0.05, 0.1) is 17.9 Å². The molecule has 92 valence electrons. The van der Waals surface area contributed by atoms with Crippen molar-refractivity contribution in [2.24, 2.45) is 5.92 Å². The van der Waals surface area contributed by atoms with Gasteiger partial charge < -0.3 is 5.32 Å². The summed E-state index contributed by atoms with van der Waals surface area (Å²) in [5, 5.41) is 11.2. The summed E-state index contributed by atoms with van der Waals surface area (Å²) in [7, 11) is 0. The average Bonchev–Trinajstić information content (AvgIpc) is 2.66. The first kappa shape index (κ1) is 11.8. The Bertz CT molecular complexity index is 436. The second-order valence-electron chi connectivity index (χ2n) is 4.78. The van der Waals surface area contributed by atoms with Crippen molar-refractivity contribution in [2.75, 3.05) is 0 Å². The van der Waals surface area contributed by atoms with Crippen LogP contribution in [0.25, 0.3) is 0 Å². The maximum Gasteiger partial charge on any atom is 0.245 e. The summed E-state index contributed by atoms with van der Waals surface area (Å²) in [6.07, 6.45) is 3.29. The highest BCUT2D eigenvalue weighted by Gasteiger charge is 2.30. The van der Waals surface area contributed by atoms with Gasteiger partial charge in [-0.1, -0.05) is 25.1 Å². The Morgan fingerprint density at radius 3 is 3.06 bits per heavy atom.